The molecule has 0 saturated carbocycles. The van der Waals surface area contributed by atoms with Crippen LogP contribution < -0.4 is 0 Å². The standard InChI is InChI=1S/CHClNSe/c2-1(3)4/h3H. The maximum atomic E-state index is 6.21. The van der Waals surface area contributed by atoms with E-state index in [0.29, 0.717) is 0 Å². The summed E-state index contributed by atoms with van der Waals surface area (Å²) in [6, 6.07) is 0. The molecule has 0 aliphatic carbocycles. The molecule has 0 rings (SSSR count). The maximum absolute atomic E-state index is 6.21. The van der Waals surface area contributed by atoms with Crippen molar-refractivity contribution in [3.05, 3.63) is 0 Å². The molecule has 0 saturated heterocycles. The first-order valence-electron chi connectivity index (χ1n) is 0.643. The molecule has 0 aromatic carbocycles. The average Bonchev–Trinajstić information content (AvgIpc) is 0.811. The first-order valence-corrected chi connectivity index (χ1v) is 1.88. The molecule has 4 heavy (non-hydrogen) atoms. The van der Waals surface area contributed by atoms with E-state index in [-0.39, 0.29) is 4.07 Å². The molecule has 0 aliphatic heterocycles. The van der Waals surface area contributed by atoms with Crippen molar-refractivity contribution in [3.8, 4) is 0 Å². The van der Waals surface area contributed by atoms with Crippen LogP contribution in [0, 0.1) is 5.41 Å². The molecule has 0 bridgehead atoms. The second-order valence-electron chi connectivity index (χ2n) is 0.274. The molecule has 3 heteroatoms. The summed E-state index contributed by atoms with van der Waals surface area (Å²) in [5, 5.41) is 6.21. The number of hydrogen-bond donors (Lipinski definition) is 1. The van der Waals surface area contributed by atoms with Gasteiger partial charge in [0.05, 0.1) is 0 Å². The predicted molar refractivity (Wildman–Crippen MR) is 19.3 cm³/mol. The van der Waals surface area contributed by atoms with Gasteiger partial charge in [0.1, 0.15) is 0 Å². The Morgan fingerprint density at radius 1 is 2.00 bits per heavy atom. The van der Waals surface area contributed by atoms with Crippen LogP contribution >= 0.6 is 11.6 Å². The number of nitrogens with one attached hydrogen (secondary N) is 1. The fourth-order valence-electron chi connectivity index (χ4n) is 0. The minimum absolute atomic E-state index is 0.0139. The van der Waals surface area contributed by atoms with Crippen molar-refractivity contribution in [1.82, 2.24) is 0 Å². The molecule has 0 amide bonds. The van der Waals surface area contributed by atoms with Crippen molar-refractivity contribution in [2.24, 2.45) is 0 Å². The molecule has 0 aromatic heterocycles. The molecule has 0 atom stereocenters. The van der Waals surface area contributed by atoms with Crippen LogP contribution in [-0.4, -0.2) is 20.1 Å². The molecule has 1 N–H and O–H groups in total. The van der Waals surface area contributed by atoms with Gasteiger partial charge < -0.3 is 0 Å². The molecule has 1 radical (unpaired) electrons. The quantitative estimate of drug-likeness (QED) is 0.371. The van der Waals surface area contributed by atoms with E-state index in [2.05, 4.69) is 16.0 Å². The van der Waals surface area contributed by atoms with Gasteiger partial charge >= 0.3 is 37.1 Å². The third-order valence-electron chi connectivity index (χ3n) is 0. The van der Waals surface area contributed by atoms with Gasteiger partial charge in [-0.3, -0.25) is 0 Å². The van der Waals surface area contributed by atoms with E-state index in [1.165, 1.54) is 0 Å². The average molecular weight is 141 g/mol. The van der Waals surface area contributed by atoms with E-state index in [0.717, 1.165) is 0 Å². The summed E-state index contributed by atoms with van der Waals surface area (Å²) >= 11 is 7.05. The van der Waals surface area contributed by atoms with Gasteiger partial charge in [-0.25, -0.2) is 0 Å². The molecule has 0 heterocycles. The molecule has 1 nitrogen and oxygen atoms in total. The van der Waals surface area contributed by atoms with E-state index in [1.54, 1.807) is 0 Å². The SMILES string of the molecule is N=C(Cl)[Se]. The topological polar surface area (TPSA) is 23.9 Å². The van der Waals surface area contributed by atoms with Crippen molar-refractivity contribution in [1.29, 1.82) is 5.41 Å². The molecular formula is CHClNSe. The van der Waals surface area contributed by atoms with E-state index in [9.17, 15) is 0 Å². The second-order valence-corrected chi connectivity index (χ2v) is 2.02. The molecule has 0 unspecified atom stereocenters. The monoisotopic (exact) mass is 142 g/mol. The van der Waals surface area contributed by atoms with Crippen LogP contribution in [0.3, 0.4) is 0 Å². The van der Waals surface area contributed by atoms with Crippen molar-refractivity contribution >= 4 is 31.7 Å². The third-order valence-corrected chi connectivity index (χ3v) is 0. The summed E-state index contributed by atoms with van der Waals surface area (Å²) in [5.41, 5.74) is 0. The second kappa shape index (κ2) is 1.77. The predicted octanol–water partition coefficient (Wildman–Crippen LogP) is 0.328. The molecule has 0 aromatic rings. The van der Waals surface area contributed by atoms with Crippen molar-refractivity contribution in [3.63, 3.8) is 0 Å². The van der Waals surface area contributed by atoms with E-state index < -0.39 is 0 Å². The first kappa shape index (κ1) is 4.48. The molecule has 0 aliphatic rings. The Labute approximate surface area is 37.7 Å². The molecular weight excluding hydrogens is 140 g/mol. The van der Waals surface area contributed by atoms with Gasteiger partial charge in [0.15, 0.2) is 0 Å². The summed E-state index contributed by atoms with van der Waals surface area (Å²) < 4.78 is 0.0139. The van der Waals surface area contributed by atoms with Gasteiger partial charge in [-0.05, 0) is 0 Å². The zero-order valence-corrected chi connectivity index (χ0v) is 4.26. The summed E-state index contributed by atoms with van der Waals surface area (Å²) in [7, 11) is 0. The van der Waals surface area contributed by atoms with E-state index in [4.69, 9.17) is 17.0 Å². The molecule has 23 valence electrons. The van der Waals surface area contributed by atoms with Crippen molar-refractivity contribution in [2.45, 2.75) is 0 Å². The molecule has 0 fully saturated rings. The Balaban J connectivity index is 2.80. The fraction of sp³-hybridized carbons (Fsp3) is 0. The van der Waals surface area contributed by atoms with Gasteiger partial charge in [-0.2, -0.15) is 0 Å². The fourth-order valence-corrected chi connectivity index (χ4v) is 0. The van der Waals surface area contributed by atoms with Crippen LogP contribution in [0.4, 0.5) is 0 Å². The van der Waals surface area contributed by atoms with Crippen LogP contribution in [0.2, 0.25) is 0 Å². The van der Waals surface area contributed by atoms with Crippen molar-refractivity contribution < 1.29 is 0 Å². The zero-order chi connectivity index (χ0) is 3.58. The van der Waals surface area contributed by atoms with Gasteiger partial charge in [-0.1, -0.05) is 0 Å². The van der Waals surface area contributed by atoms with Gasteiger partial charge in [0.2, 0.25) is 0 Å². The van der Waals surface area contributed by atoms with E-state index in [1.807, 2.05) is 0 Å². The summed E-state index contributed by atoms with van der Waals surface area (Å²) in [6.45, 7) is 0. The Kier molecular flexibility index (Phi) is 1.98. The van der Waals surface area contributed by atoms with Gasteiger partial charge in [0, 0.05) is 0 Å². The number of halogens is 1. The third kappa shape index (κ3) is 23.6. The first-order chi connectivity index (χ1) is 1.73. The summed E-state index contributed by atoms with van der Waals surface area (Å²) in [5.74, 6) is 0. The van der Waals surface area contributed by atoms with Crippen LogP contribution in [0.1, 0.15) is 0 Å². The summed E-state index contributed by atoms with van der Waals surface area (Å²) in [4.78, 5) is 0. The zero-order valence-electron chi connectivity index (χ0n) is 1.79. The Hall–Kier alpha value is 0.479. The summed E-state index contributed by atoms with van der Waals surface area (Å²) in [6.07, 6.45) is 0. The Morgan fingerprint density at radius 2 is 2.00 bits per heavy atom. The van der Waals surface area contributed by atoms with Crippen LogP contribution in [0.25, 0.3) is 0 Å². The Bertz CT molecular complexity index is 31.0. The molecule has 0 spiro atoms. The normalized spacial score (nSPS) is 6.25. The Morgan fingerprint density at radius 3 is 2.00 bits per heavy atom. The minimum atomic E-state index is 0.0139. The van der Waals surface area contributed by atoms with Crippen LogP contribution in [0.15, 0.2) is 0 Å². The van der Waals surface area contributed by atoms with Crippen LogP contribution in [0.5, 0.6) is 0 Å². The van der Waals surface area contributed by atoms with Gasteiger partial charge in [0.25, 0.3) is 0 Å². The number of hydrogen-bond acceptors (Lipinski definition) is 1. The van der Waals surface area contributed by atoms with E-state index >= 15 is 0 Å². The number of rotatable bonds is 0. The van der Waals surface area contributed by atoms with Gasteiger partial charge in [-0.15, -0.1) is 0 Å². The van der Waals surface area contributed by atoms with Crippen LogP contribution in [-0.2, 0) is 0 Å². The van der Waals surface area contributed by atoms with Crippen molar-refractivity contribution in [2.75, 3.05) is 0 Å².